The van der Waals surface area contributed by atoms with E-state index in [4.69, 9.17) is 9.47 Å². The van der Waals surface area contributed by atoms with Crippen molar-refractivity contribution in [3.05, 3.63) is 23.8 Å². The van der Waals surface area contributed by atoms with Crippen LogP contribution in [0.1, 0.15) is 24.8 Å². The SMILES string of the molecule is CN=C(NCc1ccc(OC)cc1OC(F)F)N(C)CCC1CCOCC1.I. The first-order valence-electron chi connectivity index (χ1n) is 9.14. The first kappa shape index (κ1) is 24.7. The summed E-state index contributed by atoms with van der Waals surface area (Å²) in [6.45, 7) is -0.0252. The predicted octanol–water partition coefficient (Wildman–Crippen LogP) is 3.74. The molecule has 1 aliphatic rings. The number of benzene rings is 1. The van der Waals surface area contributed by atoms with Crippen molar-refractivity contribution in [2.45, 2.75) is 32.4 Å². The Morgan fingerprint density at radius 2 is 2.07 bits per heavy atom. The van der Waals surface area contributed by atoms with E-state index in [-0.39, 0.29) is 29.7 Å². The maximum absolute atomic E-state index is 12.7. The molecule has 1 aromatic rings. The Balaban J connectivity index is 0.00000392. The number of methoxy groups -OCH3 is 1. The van der Waals surface area contributed by atoms with Crippen molar-refractivity contribution in [2.75, 3.05) is 41.0 Å². The molecule has 0 aliphatic carbocycles. The molecule has 1 fully saturated rings. The number of alkyl halides is 2. The second-order valence-corrected chi connectivity index (χ2v) is 6.52. The molecule has 0 amide bonds. The van der Waals surface area contributed by atoms with Gasteiger partial charge in [0.25, 0.3) is 0 Å². The molecule has 0 bridgehead atoms. The summed E-state index contributed by atoms with van der Waals surface area (Å²) in [5.74, 6) is 1.94. The molecule has 28 heavy (non-hydrogen) atoms. The zero-order valence-electron chi connectivity index (χ0n) is 16.6. The maximum Gasteiger partial charge on any atom is 0.387 e. The van der Waals surface area contributed by atoms with E-state index < -0.39 is 6.61 Å². The highest BCUT2D eigenvalue weighted by molar-refractivity contribution is 14.0. The van der Waals surface area contributed by atoms with Crippen LogP contribution in [0, 0.1) is 5.92 Å². The van der Waals surface area contributed by atoms with Crippen molar-refractivity contribution in [1.82, 2.24) is 10.2 Å². The molecule has 1 N–H and O–H groups in total. The Hall–Kier alpha value is -1.36. The summed E-state index contributed by atoms with van der Waals surface area (Å²) in [5.41, 5.74) is 0.607. The normalized spacial score (nSPS) is 15.1. The molecule has 0 spiro atoms. The van der Waals surface area contributed by atoms with E-state index in [1.54, 1.807) is 19.2 Å². The smallest absolute Gasteiger partial charge is 0.387 e. The molecular formula is C19H30F2IN3O3. The number of hydrogen-bond donors (Lipinski definition) is 1. The van der Waals surface area contributed by atoms with Gasteiger partial charge in [-0.05, 0) is 37.3 Å². The van der Waals surface area contributed by atoms with Crippen LogP contribution in [0.4, 0.5) is 8.78 Å². The van der Waals surface area contributed by atoms with Gasteiger partial charge < -0.3 is 24.4 Å². The zero-order valence-corrected chi connectivity index (χ0v) is 19.0. The van der Waals surface area contributed by atoms with Crippen LogP contribution >= 0.6 is 24.0 Å². The molecule has 1 saturated heterocycles. The van der Waals surface area contributed by atoms with Crippen LogP contribution in [0.3, 0.4) is 0 Å². The van der Waals surface area contributed by atoms with Gasteiger partial charge in [0, 0.05) is 52.0 Å². The largest absolute Gasteiger partial charge is 0.497 e. The molecule has 1 aromatic carbocycles. The van der Waals surface area contributed by atoms with Crippen LogP contribution in [-0.4, -0.2) is 58.4 Å². The lowest BCUT2D eigenvalue weighted by atomic mass is 9.96. The average Bonchev–Trinajstić information content (AvgIpc) is 2.68. The summed E-state index contributed by atoms with van der Waals surface area (Å²) in [7, 11) is 5.16. The monoisotopic (exact) mass is 513 g/mol. The van der Waals surface area contributed by atoms with Gasteiger partial charge in [-0.3, -0.25) is 4.99 Å². The van der Waals surface area contributed by atoms with E-state index in [1.807, 2.05) is 11.9 Å². The summed E-state index contributed by atoms with van der Waals surface area (Å²) in [6.07, 6.45) is 3.27. The van der Waals surface area contributed by atoms with Crippen LogP contribution in [0.15, 0.2) is 23.2 Å². The van der Waals surface area contributed by atoms with E-state index in [0.29, 0.717) is 29.7 Å². The molecule has 0 unspecified atom stereocenters. The number of guanidine groups is 1. The predicted molar refractivity (Wildman–Crippen MR) is 116 cm³/mol. The molecule has 2 rings (SSSR count). The van der Waals surface area contributed by atoms with Crippen LogP contribution in [0.2, 0.25) is 0 Å². The second-order valence-electron chi connectivity index (χ2n) is 6.52. The van der Waals surface area contributed by atoms with Gasteiger partial charge in [-0.15, -0.1) is 24.0 Å². The molecule has 6 nitrogen and oxygen atoms in total. The van der Waals surface area contributed by atoms with Gasteiger partial charge in [-0.25, -0.2) is 0 Å². The van der Waals surface area contributed by atoms with E-state index >= 15 is 0 Å². The molecule has 160 valence electrons. The summed E-state index contributed by atoms with van der Waals surface area (Å²) in [4.78, 5) is 6.33. The summed E-state index contributed by atoms with van der Waals surface area (Å²) in [6, 6.07) is 4.88. The maximum atomic E-state index is 12.7. The minimum Gasteiger partial charge on any atom is -0.497 e. The minimum atomic E-state index is -2.89. The Bertz CT molecular complexity index is 614. The first-order valence-corrected chi connectivity index (χ1v) is 9.14. The van der Waals surface area contributed by atoms with E-state index in [9.17, 15) is 8.78 Å². The number of hydrogen-bond acceptors (Lipinski definition) is 4. The highest BCUT2D eigenvalue weighted by Gasteiger charge is 2.16. The van der Waals surface area contributed by atoms with Gasteiger partial charge >= 0.3 is 6.61 Å². The number of ether oxygens (including phenoxy) is 3. The number of aliphatic imine (C=N–C) groups is 1. The van der Waals surface area contributed by atoms with Crippen molar-refractivity contribution >= 4 is 29.9 Å². The van der Waals surface area contributed by atoms with Crippen molar-refractivity contribution in [3.8, 4) is 11.5 Å². The molecule has 0 aromatic heterocycles. The van der Waals surface area contributed by atoms with Crippen molar-refractivity contribution < 1.29 is 23.0 Å². The summed E-state index contributed by atoms with van der Waals surface area (Å²) >= 11 is 0. The van der Waals surface area contributed by atoms with Gasteiger partial charge in [0.2, 0.25) is 0 Å². The van der Waals surface area contributed by atoms with Gasteiger partial charge in [0.15, 0.2) is 5.96 Å². The number of nitrogens with one attached hydrogen (secondary N) is 1. The van der Waals surface area contributed by atoms with Gasteiger partial charge in [0.05, 0.1) is 7.11 Å². The van der Waals surface area contributed by atoms with Crippen molar-refractivity contribution in [2.24, 2.45) is 10.9 Å². The third-order valence-corrected chi connectivity index (χ3v) is 4.71. The Morgan fingerprint density at radius 3 is 2.68 bits per heavy atom. The molecular weight excluding hydrogens is 483 g/mol. The Labute approximate surface area is 182 Å². The van der Waals surface area contributed by atoms with E-state index in [0.717, 1.165) is 39.0 Å². The number of nitrogens with zero attached hydrogens (tertiary/aromatic N) is 2. The molecule has 0 atom stereocenters. The molecule has 1 aliphatic heterocycles. The highest BCUT2D eigenvalue weighted by atomic mass is 127. The molecule has 0 saturated carbocycles. The molecule has 9 heteroatoms. The van der Waals surface area contributed by atoms with Crippen molar-refractivity contribution in [1.29, 1.82) is 0 Å². The van der Waals surface area contributed by atoms with E-state index in [1.165, 1.54) is 13.2 Å². The first-order chi connectivity index (χ1) is 13.0. The highest BCUT2D eigenvalue weighted by Crippen LogP contribution is 2.26. The molecule has 1 heterocycles. The fourth-order valence-corrected chi connectivity index (χ4v) is 3.09. The van der Waals surface area contributed by atoms with Gasteiger partial charge in [-0.2, -0.15) is 8.78 Å². The van der Waals surface area contributed by atoms with Crippen LogP contribution in [0.25, 0.3) is 0 Å². The third kappa shape index (κ3) is 7.94. The van der Waals surface area contributed by atoms with Gasteiger partial charge in [-0.1, -0.05) is 0 Å². The minimum absolute atomic E-state index is 0. The second kappa shape index (κ2) is 13.0. The number of halogens is 3. The van der Waals surface area contributed by atoms with Crippen LogP contribution < -0.4 is 14.8 Å². The number of rotatable bonds is 8. The van der Waals surface area contributed by atoms with Gasteiger partial charge in [0.1, 0.15) is 11.5 Å². The third-order valence-electron chi connectivity index (χ3n) is 4.71. The fourth-order valence-electron chi connectivity index (χ4n) is 3.09. The van der Waals surface area contributed by atoms with E-state index in [2.05, 4.69) is 15.0 Å². The topological polar surface area (TPSA) is 55.3 Å². The average molecular weight is 513 g/mol. The molecule has 0 radical (unpaired) electrons. The zero-order chi connectivity index (χ0) is 19.6. The van der Waals surface area contributed by atoms with Crippen LogP contribution in [0.5, 0.6) is 11.5 Å². The lowest BCUT2D eigenvalue weighted by Crippen LogP contribution is -2.39. The lowest BCUT2D eigenvalue weighted by Gasteiger charge is -2.27. The lowest BCUT2D eigenvalue weighted by molar-refractivity contribution is -0.0505. The standard InChI is InChI=1S/C19H29F2N3O3.HI/c1-22-19(24(2)9-6-14-7-10-26-11-8-14)23-13-15-4-5-16(25-3)12-17(15)27-18(20)21;/h4-5,12,14,18H,6-11,13H2,1-3H3,(H,22,23);1H. The quantitative estimate of drug-likeness (QED) is 0.326. The van der Waals surface area contributed by atoms with Crippen LogP contribution in [-0.2, 0) is 11.3 Å². The van der Waals surface area contributed by atoms with Crippen molar-refractivity contribution in [3.63, 3.8) is 0 Å². The Kier molecular flexibility index (Phi) is 11.4. The summed E-state index contributed by atoms with van der Waals surface area (Å²) in [5, 5.41) is 3.21. The summed E-state index contributed by atoms with van der Waals surface area (Å²) < 4.78 is 40.5. The fraction of sp³-hybridized carbons (Fsp3) is 0.632. The Morgan fingerprint density at radius 1 is 1.36 bits per heavy atom.